The van der Waals surface area contributed by atoms with Gasteiger partial charge in [-0.1, -0.05) is 12.8 Å². The number of esters is 1. The Kier molecular flexibility index (Phi) is 15.2. The van der Waals surface area contributed by atoms with Crippen LogP contribution in [0.1, 0.15) is 44.6 Å². The van der Waals surface area contributed by atoms with E-state index in [9.17, 15) is 4.79 Å². The quantitative estimate of drug-likeness (QED) is 0.148. The Labute approximate surface area is 192 Å². The Morgan fingerprint density at radius 2 is 1.83 bits per heavy atom. The van der Waals surface area contributed by atoms with E-state index in [0.29, 0.717) is 13.0 Å². The van der Waals surface area contributed by atoms with Gasteiger partial charge in [0.1, 0.15) is 11.5 Å². The van der Waals surface area contributed by atoms with Gasteiger partial charge < -0.3 is 24.4 Å². The first-order chi connectivity index (χ1) is 13.5. The van der Waals surface area contributed by atoms with Gasteiger partial charge in [0, 0.05) is 44.7 Å². The largest absolute Gasteiger partial charge is 0.497 e. The second kappa shape index (κ2) is 16.1. The maximum atomic E-state index is 11.1. The molecular formula is C21H36IN3O4. The molecule has 0 radical (unpaired) electrons. The lowest BCUT2D eigenvalue weighted by atomic mass is 10.1. The number of carbonyl (C=O) groups is 1. The van der Waals surface area contributed by atoms with Crippen LogP contribution in [0.25, 0.3) is 0 Å². The van der Waals surface area contributed by atoms with Crippen LogP contribution in [0.15, 0.2) is 23.2 Å². The van der Waals surface area contributed by atoms with E-state index >= 15 is 0 Å². The lowest BCUT2D eigenvalue weighted by molar-refractivity contribution is -0.140. The third kappa shape index (κ3) is 10.6. The summed E-state index contributed by atoms with van der Waals surface area (Å²) in [5, 5.41) is 3.34. The Balaban J connectivity index is 0.00000784. The van der Waals surface area contributed by atoms with Crippen LogP contribution in [0.5, 0.6) is 11.5 Å². The maximum Gasteiger partial charge on any atom is 0.305 e. The number of halogens is 1. The molecule has 8 heteroatoms. The van der Waals surface area contributed by atoms with Crippen molar-refractivity contribution in [3.05, 3.63) is 23.8 Å². The minimum atomic E-state index is -0.136. The molecule has 0 bridgehead atoms. The maximum absolute atomic E-state index is 11.1. The van der Waals surface area contributed by atoms with Crippen molar-refractivity contribution < 1.29 is 19.0 Å². The van der Waals surface area contributed by atoms with E-state index in [1.807, 2.05) is 25.2 Å². The monoisotopic (exact) mass is 521 g/mol. The highest BCUT2D eigenvalue weighted by Gasteiger charge is 2.11. The van der Waals surface area contributed by atoms with Crippen molar-refractivity contribution in [3.8, 4) is 11.5 Å². The van der Waals surface area contributed by atoms with Gasteiger partial charge in [-0.25, -0.2) is 0 Å². The topological polar surface area (TPSA) is 72.4 Å². The molecule has 7 nitrogen and oxygen atoms in total. The van der Waals surface area contributed by atoms with E-state index < -0.39 is 0 Å². The zero-order valence-corrected chi connectivity index (χ0v) is 20.7. The van der Waals surface area contributed by atoms with Gasteiger partial charge >= 0.3 is 5.97 Å². The molecule has 0 saturated heterocycles. The number of guanidine groups is 1. The molecule has 0 aliphatic rings. The Hall–Kier alpha value is -1.71. The Bertz CT molecular complexity index is 626. The molecule has 0 aliphatic heterocycles. The number of rotatable bonds is 12. The number of hydrogen-bond donors (Lipinski definition) is 1. The molecule has 166 valence electrons. The molecule has 0 unspecified atom stereocenters. The van der Waals surface area contributed by atoms with Gasteiger partial charge in [-0.2, -0.15) is 0 Å². The minimum Gasteiger partial charge on any atom is -0.497 e. The molecule has 0 aromatic heterocycles. The number of unbranched alkanes of at least 4 members (excludes halogenated alkanes) is 3. The van der Waals surface area contributed by atoms with E-state index in [1.165, 1.54) is 7.11 Å². The Morgan fingerprint density at radius 1 is 1.10 bits per heavy atom. The van der Waals surface area contributed by atoms with Gasteiger partial charge in [-0.3, -0.25) is 9.79 Å². The van der Waals surface area contributed by atoms with Crippen LogP contribution in [-0.4, -0.2) is 58.3 Å². The fourth-order valence-corrected chi connectivity index (χ4v) is 2.80. The average Bonchev–Trinajstić information content (AvgIpc) is 2.72. The van der Waals surface area contributed by atoms with Crippen LogP contribution in [0.2, 0.25) is 0 Å². The molecule has 0 amide bonds. The SMILES string of the molecule is CCNC(=NCCCCCCC(=O)OC)N(C)Cc1ccc(OC)cc1OC.I. The number of nitrogens with zero attached hydrogens (tertiary/aromatic N) is 2. The number of hydrogen-bond acceptors (Lipinski definition) is 5. The van der Waals surface area contributed by atoms with Gasteiger partial charge in [-0.15, -0.1) is 24.0 Å². The molecule has 0 spiro atoms. The highest BCUT2D eigenvalue weighted by atomic mass is 127. The molecular weight excluding hydrogens is 485 g/mol. The van der Waals surface area contributed by atoms with E-state index in [-0.39, 0.29) is 29.9 Å². The van der Waals surface area contributed by atoms with Crippen molar-refractivity contribution >= 4 is 35.9 Å². The van der Waals surface area contributed by atoms with E-state index in [2.05, 4.69) is 21.9 Å². The van der Waals surface area contributed by atoms with E-state index in [1.54, 1.807) is 14.2 Å². The van der Waals surface area contributed by atoms with Crippen LogP contribution in [0, 0.1) is 0 Å². The van der Waals surface area contributed by atoms with Crippen LogP contribution >= 0.6 is 24.0 Å². The summed E-state index contributed by atoms with van der Waals surface area (Å²) in [6.07, 6.45) is 4.42. The van der Waals surface area contributed by atoms with E-state index in [4.69, 9.17) is 14.5 Å². The molecule has 0 heterocycles. The molecule has 0 saturated carbocycles. The van der Waals surface area contributed by atoms with E-state index in [0.717, 1.165) is 61.8 Å². The van der Waals surface area contributed by atoms with Gasteiger partial charge in [0.05, 0.1) is 21.3 Å². The first-order valence-corrected chi connectivity index (χ1v) is 9.82. The van der Waals surface area contributed by atoms with Gasteiger partial charge in [0.2, 0.25) is 0 Å². The summed E-state index contributed by atoms with van der Waals surface area (Å²) in [4.78, 5) is 17.9. The van der Waals surface area contributed by atoms with Crippen LogP contribution < -0.4 is 14.8 Å². The van der Waals surface area contributed by atoms with Crippen molar-refractivity contribution in [2.45, 2.75) is 45.6 Å². The summed E-state index contributed by atoms with van der Waals surface area (Å²) >= 11 is 0. The highest BCUT2D eigenvalue weighted by molar-refractivity contribution is 14.0. The second-order valence-electron chi connectivity index (χ2n) is 6.51. The molecule has 0 fully saturated rings. The first-order valence-electron chi connectivity index (χ1n) is 9.82. The Morgan fingerprint density at radius 3 is 2.45 bits per heavy atom. The summed E-state index contributed by atoms with van der Waals surface area (Å²) in [6.45, 7) is 4.30. The fourth-order valence-electron chi connectivity index (χ4n) is 2.80. The lowest BCUT2D eigenvalue weighted by Gasteiger charge is -2.23. The molecule has 1 rings (SSSR count). The standard InChI is InChI=1S/C21H35N3O4.HI/c1-6-22-21(23-14-10-8-7-9-11-20(25)28-5)24(2)16-17-12-13-18(26-3)15-19(17)27-4;/h12-13,15H,6-11,14,16H2,1-5H3,(H,22,23);1H. The average molecular weight is 521 g/mol. The lowest BCUT2D eigenvalue weighted by Crippen LogP contribution is -2.38. The second-order valence-corrected chi connectivity index (χ2v) is 6.51. The van der Waals surface area contributed by atoms with Crippen LogP contribution in [0.3, 0.4) is 0 Å². The molecule has 1 aromatic rings. The van der Waals surface area contributed by atoms with Gasteiger partial charge in [-0.05, 0) is 31.9 Å². The van der Waals surface area contributed by atoms with Crippen molar-refractivity contribution in [1.29, 1.82) is 0 Å². The molecule has 1 N–H and O–H groups in total. The van der Waals surface area contributed by atoms with Gasteiger partial charge in [0.25, 0.3) is 0 Å². The molecule has 1 aromatic carbocycles. The van der Waals surface area contributed by atoms with Crippen molar-refractivity contribution in [3.63, 3.8) is 0 Å². The number of nitrogens with one attached hydrogen (secondary N) is 1. The third-order valence-electron chi connectivity index (χ3n) is 4.38. The molecule has 29 heavy (non-hydrogen) atoms. The van der Waals surface area contributed by atoms with Crippen molar-refractivity contribution in [2.24, 2.45) is 4.99 Å². The molecule has 0 atom stereocenters. The van der Waals surface area contributed by atoms with Crippen molar-refractivity contribution in [2.75, 3.05) is 41.5 Å². The first kappa shape index (κ1) is 27.3. The number of aliphatic imine (C=N–C) groups is 1. The number of benzene rings is 1. The smallest absolute Gasteiger partial charge is 0.305 e. The zero-order valence-electron chi connectivity index (χ0n) is 18.3. The minimum absolute atomic E-state index is 0. The normalized spacial score (nSPS) is 10.7. The summed E-state index contributed by atoms with van der Waals surface area (Å²) in [7, 11) is 6.75. The number of methoxy groups -OCH3 is 3. The summed E-state index contributed by atoms with van der Waals surface area (Å²) in [5.74, 6) is 2.31. The third-order valence-corrected chi connectivity index (χ3v) is 4.38. The summed E-state index contributed by atoms with van der Waals surface area (Å²) in [5.41, 5.74) is 1.07. The predicted octanol–water partition coefficient (Wildman–Crippen LogP) is 3.84. The zero-order chi connectivity index (χ0) is 20.8. The van der Waals surface area contributed by atoms with Crippen LogP contribution in [-0.2, 0) is 16.1 Å². The fraction of sp³-hybridized carbons (Fsp3) is 0.619. The van der Waals surface area contributed by atoms with Crippen LogP contribution in [0.4, 0.5) is 0 Å². The highest BCUT2D eigenvalue weighted by Crippen LogP contribution is 2.25. The number of ether oxygens (including phenoxy) is 3. The summed E-state index contributed by atoms with van der Waals surface area (Å²) < 4.78 is 15.4. The van der Waals surface area contributed by atoms with Crippen molar-refractivity contribution in [1.82, 2.24) is 10.2 Å². The number of carbonyl (C=O) groups excluding carboxylic acids is 1. The van der Waals surface area contributed by atoms with Gasteiger partial charge in [0.15, 0.2) is 5.96 Å². The predicted molar refractivity (Wildman–Crippen MR) is 128 cm³/mol. The summed E-state index contributed by atoms with van der Waals surface area (Å²) in [6, 6.07) is 5.84. The molecule has 0 aliphatic carbocycles.